The van der Waals surface area contributed by atoms with Gasteiger partial charge in [0, 0.05) is 18.2 Å². The zero-order valence-electron chi connectivity index (χ0n) is 7.69. The van der Waals surface area contributed by atoms with Gasteiger partial charge in [-0.25, -0.2) is 0 Å². The summed E-state index contributed by atoms with van der Waals surface area (Å²) in [5.41, 5.74) is 0. The predicted molar refractivity (Wildman–Crippen MR) is 47.8 cm³/mol. The van der Waals surface area contributed by atoms with Gasteiger partial charge in [0.15, 0.2) is 0 Å². The van der Waals surface area contributed by atoms with Gasteiger partial charge in [0.2, 0.25) is 0 Å². The monoisotopic (exact) mass is 179 g/mol. The lowest BCUT2D eigenvalue weighted by molar-refractivity contribution is -0.141. The minimum atomic E-state index is -0.149. The van der Waals surface area contributed by atoms with Crippen LogP contribution in [0.25, 0.3) is 0 Å². The van der Waals surface area contributed by atoms with Gasteiger partial charge in [0.25, 0.3) is 11.8 Å². The Kier molecular flexibility index (Phi) is 1.94. The minimum Gasteiger partial charge on any atom is -0.272 e. The molecule has 3 nitrogen and oxygen atoms in total. The van der Waals surface area contributed by atoms with Crippen LogP contribution in [0.3, 0.4) is 0 Å². The quantitative estimate of drug-likeness (QED) is 0.595. The largest absolute Gasteiger partial charge is 0.272 e. The summed E-state index contributed by atoms with van der Waals surface area (Å²) in [4.78, 5) is 24.0. The van der Waals surface area contributed by atoms with Gasteiger partial charge >= 0.3 is 0 Å². The first kappa shape index (κ1) is 8.48. The fraction of sp³-hybridized carbons (Fsp3) is 0.600. The summed E-state index contributed by atoms with van der Waals surface area (Å²) < 4.78 is 0. The second-order valence-corrected chi connectivity index (χ2v) is 3.81. The Balaban J connectivity index is 2.07. The maximum Gasteiger partial charge on any atom is 0.253 e. The van der Waals surface area contributed by atoms with Crippen molar-refractivity contribution in [2.24, 2.45) is 5.92 Å². The van der Waals surface area contributed by atoms with Gasteiger partial charge in [-0.3, -0.25) is 14.5 Å². The smallest absolute Gasteiger partial charge is 0.253 e. The normalized spacial score (nSPS) is 25.2. The molecule has 13 heavy (non-hydrogen) atoms. The molecule has 0 N–H and O–H groups in total. The third-order valence-electron chi connectivity index (χ3n) is 3.08. The molecule has 2 amide bonds. The molecule has 1 unspecified atom stereocenters. The molecule has 0 aromatic carbocycles. The van der Waals surface area contributed by atoms with Crippen LogP contribution in [0.1, 0.15) is 26.2 Å². The molecule has 1 atom stereocenters. The van der Waals surface area contributed by atoms with E-state index in [2.05, 4.69) is 0 Å². The van der Waals surface area contributed by atoms with E-state index in [0.29, 0.717) is 5.92 Å². The van der Waals surface area contributed by atoms with Crippen molar-refractivity contribution >= 4 is 11.8 Å². The molecule has 1 aliphatic carbocycles. The number of carbonyl (C=O) groups is 2. The molecule has 0 spiro atoms. The Morgan fingerprint density at radius 1 is 1.31 bits per heavy atom. The van der Waals surface area contributed by atoms with Crippen molar-refractivity contribution in [1.82, 2.24) is 4.90 Å². The van der Waals surface area contributed by atoms with E-state index < -0.39 is 0 Å². The third kappa shape index (κ3) is 1.28. The van der Waals surface area contributed by atoms with E-state index in [0.717, 1.165) is 12.8 Å². The van der Waals surface area contributed by atoms with Crippen molar-refractivity contribution in [2.75, 3.05) is 0 Å². The number of amides is 2. The third-order valence-corrected chi connectivity index (χ3v) is 3.08. The van der Waals surface area contributed by atoms with E-state index in [1.807, 2.05) is 6.92 Å². The Morgan fingerprint density at radius 3 is 2.23 bits per heavy atom. The molecular formula is C10H13NO2. The molecule has 1 saturated carbocycles. The van der Waals surface area contributed by atoms with Gasteiger partial charge in [-0.15, -0.1) is 0 Å². The number of nitrogens with zero attached hydrogens (tertiary/aromatic N) is 1. The van der Waals surface area contributed by atoms with Crippen molar-refractivity contribution in [3.63, 3.8) is 0 Å². The van der Waals surface area contributed by atoms with E-state index in [-0.39, 0.29) is 17.9 Å². The van der Waals surface area contributed by atoms with Crippen LogP contribution in [-0.2, 0) is 9.59 Å². The summed E-state index contributed by atoms with van der Waals surface area (Å²) in [6.07, 6.45) is 6.25. The predicted octanol–water partition coefficient (Wildman–Crippen LogP) is 1.10. The van der Waals surface area contributed by atoms with Gasteiger partial charge in [-0.1, -0.05) is 6.42 Å². The van der Waals surface area contributed by atoms with Crippen molar-refractivity contribution in [3.8, 4) is 0 Å². The highest BCUT2D eigenvalue weighted by Crippen LogP contribution is 2.32. The van der Waals surface area contributed by atoms with Crippen LogP contribution in [0.2, 0.25) is 0 Å². The minimum absolute atomic E-state index is 0.0868. The van der Waals surface area contributed by atoms with Crippen molar-refractivity contribution in [2.45, 2.75) is 32.2 Å². The number of rotatable bonds is 2. The Labute approximate surface area is 77.4 Å². The molecule has 2 aliphatic rings. The summed E-state index contributed by atoms with van der Waals surface area (Å²) in [5.74, 6) is 0.238. The summed E-state index contributed by atoms with van der Waals surface area (Å²) in [5, 5.41) is 0. The first-order chi connectivity index (χ1) is 6.20. The second-order valence-electron chi connectivity index (χ2n) is 3.81. The highest BCUT2D eigenvalue weighted by atomic mass is 16.2. The molecule has 0 aromatic heterocycles. The average Bonchev–Trinajstić information content (AvgIpc) is 2.27. The van der Waals surface area contributed by atoms with E-state index in [4.69, 9.17) is 0 Å². The van der Waals surface area contributed by atoms with Gasteiger partial charge < -0.3 is 0 Å². The average molecular weight is 179 g/mol. The zero-order valence-corrected chi connectivity index (χ0v) is 7.69. The molecule has 2 rings (SSSR count). The van der Waals surface area contributed by atoms with Crippen molar-refractivity contribution in [1.29, 1.82) is 0 Å². The van der Waals surface area contributed by atoms with Crippen LogP contribution < -0.4 is 0 Å². The van der Waals surface area contributed by atoms with E-state index >= 15 is 0 Å². The Morgan fingerprint density at radius 2 is 1.85 bits per heavy atom. The number of imide groups is 1. The molecule has 1 aliphatic heterocycles. The molecular weight excluding hydrogens is 166 g/mol. The zero-order chi connectivity index (χ0) is 9.42. The van der Waals surface area contributed by atoms with Gasteiger partial charge in [-0.05, 0) is 25.7 Å². The maximum absolute atomic E-state index is 11.3. The van der Waals surface area contributed by atoms with E-state index in [1.54, 1.807) is 0 Å². The summed E-state index contributed by atoms with van der Waals surface area (Å²) >= 11 is 0. The topological polar surface area (TPSA) is 37.4 Å². The molecule has 0 bridgehead atoms. The second kappa shape index (κ2) is 2.98. The van der Waals surface area contributed by atoms with Crippen LogP contribution in [0.15, 0.2) is 12.2 Å². The fourth-order valence-corrected chi connectivity index (χ4v) is 1.95. The molecule has 1 heterocycles. The summed E-state index contributed by atoms with van der Waals surface area (Å²) in [6, 6.07) is 0.0868. The van der Waals surface area contributed by atoms with Gasteiger partial charge in [0.1, 0.15) is 0 Å². The van der Waals surface area contributed by atoms with Crippen LogP contribution >= 0.6 is 0 Å². The Hall–Kier alpha value is -1.12. The van der Waals surface area contributed by atoms with Gasteiger partial charge in [-0.2, -0.15) is 0 Å². The molecule has 0 radical (unpaired) electrons. The van der Waals surface area contributed by atoms with E-state index in [1.165, 1.54) is 23.5 Å². The van der Waals surface area contributed by atoms with Crippen LogP contribution in [0, 0.1) is 5.92 Å². The fourth-order valence-electron chi connectivity index (χ4n) is 1.95. The van der Waals surface area contributed by atoms with Crippen LogP contribution in [0.4, 0.5) is 0 Å². The molecule has 0 saturated heterocycles. The number of carbonyl (C=O) groups excluding carboxylic acids is 2. The maximum atomic E-state index is 11.3. The first-order valence-electron chi connectivity index (χ1n) is 4.75. The summed E-state index contributed by atoms with van der Waals surface area (Å²) in [6.45, 7) is 1.96. The van der Waals surface area contributed by atoms with Crippen LogP contribution in [0.5, 0.6) is 0 Å². The first-order valence-corrected chi connectivity index (χ1v) is 4.75. The molecule has 70 valence electrons. The molecule has 0 aromatic rings. The SMILES string of the molecule is CC(C1CCC1)N1C(=O)C=CC1=O. The van der Waals surface area contributed by atoms with Crippen molar-refractivity contribution < 1.29 is 9.59 Å². The highest BCUT2D eigenvalue weighted by Gasteiger charge is 2.35. The molecule has 1 fully saturated rings. The summed E-state index contributed by atoms with van der Waals surface area (Å²) in [7, 11) is 0. The van der Waals surface area contributed by atoms with E-state index in [9.17, 15) is 9.59 Å². The highest BCUT2D eigenvalue weighted by molar-refractivity contribution is 6.13. The van der Waals surface area contributed by atoms with Crippen molar-refractivity contribution in [3.05, 3.63) is 12.2 Å². The lowest BCUT2D eigenvalue weighted by Gasteiger charge is -2.35. The number of hydrogen-bond acceptors (Lipinski definition) is 2. The Bertz CT molecular complexity index is 261. The standard InChI is InChI=1S/C10H13NO2/c1-7(8-3-2-4-8)11-9(12)5-6-10(11)13/h5-8H,2-4H2,1H3. The lowest BCUT2D eigenvalue weighted by Crippen LogP contribution is -2.44. The van der Waals surface area contributed by atoms with Gasteiger partial charge in [0.05, 0.1) is 0 Å². The number of hydrogen-bond donors (Lipinski definition) is 0. The lowest BCUT2D eigenvalue weighted by atomic mass is 9.80. The van der Waals surface area contributed by atoms with Crippen LogP contribution in [-0.4, -0.2) is 22.8 Å². The molecule has 3 heteroatoms.